The second-order valence-electron chi connectivity index (χ2n) is 3.37. The number of hydrogen-bond acceptors (Lipinski definition) is 3. The SMILES string of the molecule is C[C@@H](CN)NC(=O)Cn1ccccc1=O. The van der Waals surface area contributed by atoms with Gasteiger partial charge in [-0.3, -0.25) is 9.59 Å². The van der Waals surface area contributed by atoms with Gasteiger partial charge in [-0.05, 0) is 13.0 Å². The molecule has 0 radical (unpaired) electrons. The Kier molecular flexibility index (Phi) is 4.05. The third kappa shape index (κ3) is 3.55. The van der Waals surface area contributed by atoms with Crippen molar-refractivity contribution in [3.05, 3.63) is 34.7 Å². The van der Waals surface area contributed by atoms with Gasteiger partial charge in [-0.25, -0.2) is 0 Å². The van der Waals surface area contributed by atoms with Gasteiger partial charge >= 0.3 is 0 Å². The molecule has 0 bridgehead atoms. The summed E-state index contributed by atoms with van der Waals surface area (Å²) in [6.45, 7) is 2.23. The van der Waals surface area contributed by atoms with Crippen molar-refractivity contribution in [2.75, 3.05) is 6.54 Å². The lowest BCUT2D eigenvalue weighted by molar-refractivity contribution is -0.122. The fourth-order valence-corrected chi connectivity index (χ4v) is 1.13. The molecular formula is C10H15N3O2. The minimum Gasteiger partial charge on any atom is -0.351 e. The van der Waals surface area contributed by atoms with E-state index < -0.39 is 0 Å². The molecule has 0 spiro atoms. The van der Waals surface area contributed by atoms with Gasteiger partial charge < -0.3 is 15.6 Å². The normalized spacial score (nSPS) is 12.1. The van der Waals surface area contributed by atoms with Crippen LogP contribution in [0.4, 0.5) is 0 Å². The second kappa shape index (κ2) is 5.31. The van der Waals surface area contributed by atoms with Crippen molar-refractivity contribution in [3.8, 4) is 0 Å². The number of carbonyl (C=O) groups excluding carboxylic acids is 1. The van der Waals surface area contributed by atoms with Crippen LogP contribution in [0.3, 0.4) is 0 Å². The summed E-state index contributed by atoms with van der Waals surface area (Å²) in [5.74, 6) is -0.207. The van der Waals surface area contributed by atoms with E-state index in [0.29, 0.717) is 6.54 Å². The van der Waals surface area contributed by atoms with Crippen molar-refractivity contribution < 1.29 is 4.79 Å². The van der Waals surface area contributed by atoms with Crippen LogP contribution in [-0.4, -0.2) is 23.1 Å². The number of aromatic nitrogens is 1. The van der Waals surface area contributed by atoms with Crippen LogP contribution in [0.1, 0.15) is 6.92 Å². The standard InChI is InChI=1S/C10H15N3O2/c1-8(6-11)12-9(14)7-13-5-3-2-4-10(13)15/h2-5,8H,6-7,11H2,1H3,(H,12,14)/t8-/m0/s1. The lowest BCUT2D eigenvalue weighted by atomic mass is 10.3. The average Bonchev–Trinajstić information content (AvgIpc) is 2.21. The highest BCUT2D eigenvalue weighted by Crippen LogP contribution is 1.84. The number of nitrogens with one attached hydrogen (secondary N) is 1. The molecule has 15 heavy (non-hydrogen) atoms. The molecule has 0 aliphatic rings. The summed E-state index contributed by atoms with van der Waals surface area (Å²) in [4.78, 5) is 22.7. The summed E-state index contributed by atoms with van der Waals surface area (Å²) in [5, 5.41) is 2.68. The maximum atomic E-state index is 11.4. The van der Waals surface area contributed by atoms with Crippen molar-refractivity contribution in [3.63, 3.8) is 0 Å². The Balaban J connectivity index is 2.59. The third-order valence-electron chi connectivity index (χ3n) is 1.97. The average molecular weight is 209 g/mol. The number of hydrogen-bond donors (Lipinski definition) is 2. The number of carbonyl (C=O) groups is 1. The van der Waals surface area contributed by atoms with Crippen LogP contribution < -0.4 is 16.6 Å². The lowest BCUT2D eigenvalue weighted by Crippen LogP contribution is -2.40. The number of amides is 1. The van der Waals surface area contributed by atoms with Gasteiger partial charge in [-0.1, -0.05) is 6.07 Å². The molecule has 1 amide bonds. The topological polar surface area (TPSA) is 77.1 Å². The number of nitrogens with zero attached hydrogens (tertiary/aromatic N) is 1. The van der Waals surface area contributed by atoms with Crippen molar-refractivity contribution in [1.82, 2.24) is 9.88 Å². The molecule has 1 rings (SSSR count). The quantitative estimate of drug-likeness (QED) is 0.689. The minimum absolute atomic E-state index is 0.0318. The Morgan fingerprint density at radius 2 is 2.33 bits per heavy atom. The first-order valence-electron chi connectivity index (χ1n) is 4.78. The molecule has 0 aromatic carbocycles. The van der Waals surface area contributed by atoms with Crippen LogP contribution in [-0.2, 0) is 11.3 Å². The Morgan fingerprint density at radius 1 is 1.60 bits per heavy atom. The smallest absolute Gasteiger partial charge is 0.250 e. The molecule has 0 aliphatic heterocycles. The highest BCUT2D eigenvalue weighted by atomic mass is 16.2. The van der Waals surface area contributed by atoms with E-state index in [4.69, 9.17) is 5.73 Å². The molecule has 1 aromatic heterocycles. The third-order valence-corrected chi connectivity index (χ3v) is 1.97. The van der Waals surface area contributed by atoms with E-state index in [9.17, 15) is 9.59 Å². The van der Waals surface area contributed by atoms with Gasteiger partial charge in [0.05, 0.1) is 0 Å². The van der Waals surface area contributed by atoms with Crippen molar-refractivity contribution >= 4 is 5.91 Å². The van der Waals surface area contributed by atoms with Gasteiger partial charge in [0.2, 0.25) is 5.91 Å². The maximum Gasteiger partial charge on any atom is 0.250 e. The number of nitrogens with two attached hydrogens (primary N) is 1. The van der Waals surface area contributed by atoms with Crippen LogP contribution in [0, 0.1) is 0 Å². The van der Waals surface area contributed by atoms with E-state index in [2.05, 4.69) is 5.32 Å². The van der Waals surface area contributed by atoms with Crippen molar-refractivity contribution in [2.45, 2.75) is 19.5 Å². The molecular weight excluding hydrogens is 194 g/mol. The van der Waals surface area contributed by atoms with Gasteiger partial charge in [0.15, 0.2) is 0 Å². The summed E-state index contributed by atoms with van der Waals surface area (Å²) in [7, 11) is 0. The van der Waals surface area contributed by atoms with E-state index in [-0.39, 0.29) is 24.1 Å². The number of pyridine rings is 1. The van der Waals surface area contributed by atoms with Crippen LogP contribution in [0.15, 0.2) is 29.2 Å². The Labute approximate surface area is 87.9 Å². The first kappa shape index (κ1) is 11.5. The molecule has 0 saturated carbocycles. The summed E-state index contributed by atoms with van der Waals surface area (Å²) in [6, 6.07) is 4.69. The zero-order valence-corrected chi connectivity index (χ0v) is 8.64. The van der Waals surface area contributed by atoms with E-state index in [1.54, 1.807) is 18.3 Å². The molecule has 82 valence electrons. The molecule has 5 nitrogen and oxygen atoms in total. The Hall–Kier alpha value is -1.62. The lowest BCUT2D eigenvalue weighted by Gasteiger charge is -2.11. The van der Waals surface area contributed by atoms with Gasteiger partial charge in [0.25, 0.3) is 5.56 Å². The Bertz CT molecular complexity index is 386. The van der Waals surface area contributed by atoms with E-state index in [0.717, 1.165) is 0 Å². The van der Waals surface area contributed by atoms with Crippen LogP contribution >= 0.6 is 0 Å². The molecule has 0 aliphatic carbocycles. The van der Waals surface area contributed by atoms with Crippen LogP contribution in [0.25, 0.3) is 0 Å². The largest absolute Gasteiger partial charge is 0.351 e. The van der Waals surface area contributed by atoms with Crippen LogP contribution in [0.2, 0.25) is 0 Å². The van der Waals surface area contributed by atoms with Gasteiger partial charge in [-0.2, -0.15) is 0 Å². The molecule has 1 atom stereocenters. The molecule has 5 heteroatoms. The maximum absolute atomic E-state index is 11.4. The minimum atomic E-state index is -0.207. The van der Waals surface area contributed by atoms with Crippen LogP contribution in [0.5, 0.6) is 0 Å². The summed E-state index contributed by atoms with van der Waals surface area (Å²) in [5.41, 5.74) is 5.17. The molecule has 0 unspecified atom stereocenters. The summed E-state index contributed by atoms with van der Waals surface area (Å²) >= 11 is 0. The fraction of sp³-hybridized carbons (Fsp3) is 0.400. The van der Waals surface area contributed by atoms with Crippen molar-refractivity contribution in [1.29, 1.82) is 0 Å². The first-order chi connectivity index (χ1) is 7.13. The van der Waals surface area contributed by atoms with Crippen molar-refractivity contribution in [2.24, 2.45) is 5.73 Å². The monoisotopic (exact) mass is 209 g/mol. The van der Waals surface area contributed by atoms with E-state index in [1.807, 2.05) is 6.92 Å². The predicted molar refractivity (Wildman–Crippen MR) is 57.4 cm³/mol. The molecule has 1 heterocycles. The summed E-state index contributed by atoms with van der Waals surface area (Å²) < 4.78 is 1.35. The first-order valence-corrected chi connectivity index (χ1v) is 4.78. The Morgan fingerprint density at radius 3 is 2.93 bits per heavy atom. The van der Waals surface area contributed by atoms with Gasteiger partial charge in [0, 0.05) is 24.8 Å². The van der Waals surface area contributed by atoms with Gasteiger partial charge in [-0.15, -0.1) is 0 Å². The molecule has 0 fully saturated rings. The van der Waals surface area contributed by atoms with Gasteiger partial charge in [0.1, 0.15) is 6.54 Å². The highest BCUT2D eigenvalue weighted by Gasteiger charge is 2.06. The van der Waals surface area contributed by atoms with E-state index in [1.165, 1.54) is 10.6 Å². The van der Waals surface area contributed by atoms with E-state index >= 15 is 0 Å². The molecule has 0 saturated heterocycles. The highest BCUT2D eigenvalue weighted by molar-refractivity contribution is 5.76. The molecule has 3 N–H and O–H groups in total. The molecule has 1 aromatic rings. The summed E-state index contributed by atoms with van der Waals surface area (Å²) in [6.07, 6.45) is 1.58. The number of rotatable bonds is 4. The predicted octanol–water partition coefficient (Wildman–Crippen LogP) is -0.688. The zero-order chi connectivity index (χ0) is 11.3. The zero-order valence-electron chi connectivity index (χ0n) is 8.64. The fourth-order valence-electron chi connectivity index (χ4n) is 1.13. The second-order valence-corrected chi connectivity index (χ2v) is 3.37.